The largest absolute Gasteiger partial charge is 0.317 e. The van der Waals surface area contributed by atoms with Gasteiger partial charge in [0.05, 0.1) is 11.3 Å². The summed E-state index contributed by atoms with van der Waals surface area (Å²) in [5.74, 6) is 0.926. The summed E-state index contributed by atoms with van der Waals surface area (Å²) in [6.45, 7) is 3.90. The summed E-state index contributed by atoms with van der Waals surface area (Å²) >= 11 is 1.56. The first kappa shape index (κ1) is 17.8. The second-order valence-electron chi connectivity index (χ2n) is 6.60. The van der Waals surface area contributed by atoms with E-state index in [0.29, 0.717) is 28.1 Å². The van der Waals surface area contributed by atoms with Crippen LogP contribution in [0.1, 0.15) is 39.7 Å². The Morgan fingerprint density at radius 1 is 1.15 bits per heavy atom. The minimum atomic E-state index is -0.224. The molecule has 0 atom stereocenters. The zero-order valence-electron chi connectivity index (χ0n) is 15.1. The Hall–Kier alpha value is -2.64. The van der Waals surface area contributed by atoms with E-state index in [1.165, 1.54) is 4.88 Å². The lowest BCUT2D eigenvalue weighted by Crippen LogP contribution is -2.26. The summed E-state index contributed by atoms with van der Waals surface area (Å²) in [6.07, 6.45) is 5.70. The van der Waals surface area contributed by atoms with Gasteiger partial charge in [0.15, 0.2) is 11.0 Å². The van der Waals surface area contributed by atoms with Gasteiger partial charge in [-0.1, -0.05) is 30.3 Å². The van der Waals surface area contributed by atoms with Crippen molar-refractivity contribution >= 4 is 22.4 Å². The molecule has 3 aromatic rings. The molecule has 2 N–H and O–H groups in total. The molecule has 1 saturated heterocycles. The summed E-state index contributed by atoms with van der Waals surface area (Å²) in [5.41, 5.74) is 2.05. The van der Waals surface area contributed by atoms with Gasteiger partial charge >= 0.3 is 0 Å². The van der Waals surface area contributed by atoms with Crippen molar-refractivity contribution in [2.75, 3.05) is 18.4 Å². The molecule has 1 amide bonds. The quantitative estimate of drug-likeness (QED) is 0.724. The Morgan fingerprint density at radius 3 is 2.67 bits per heavy atom. The molecule has 1 aromatic carbocycles. The third-order valence-electron chi connectivity index (χ3n) is 4.74. The average Bonchev–Trinajstić information content (AvgIpc) is 3.17. The van der Waals surface area contributed by atoms with Gasteiger partial charge in [0.25, 0.3) is 5.91 Å². The number of nitrogens with zero attached hydrogens (tertiary/aromatic N) is 3. The van der Waals surface area contributed by atoms with Gasteiger partial charge in [-0.3, -0.25) is 10.1 Å². The van der Waals surface area contributed by atoms with Crippen LogP contribution in [-0.4, -0.2) is 33.9 Å². The van der Waals surface area contributed by atoms with Crippen molar-refractivity contribution in [2.45, 2.75) is 25.7 Å². The fraction of sp³-hybridized carbons (Fsp3) is 0.300. The summed E-state index contributed by atoms with van der Waals surface area (Å²) in [7, 11) is 0. The van der Waals surface area contributed by atoms with Crippen LogP contribution in [0.15, 0.2) is 42.7 Å². The Balaban J connectivity index is 1.47. The minimum absolute atomic E-state index is 0.224. The van der Waals surface area contributed by atoms with Crippen molar-refractivity contribution in [1.82, 2.24) is 20.3 Å². The molecule has 0 unspecified atom stereocenters. The number of amides is 1. The van der Waals surface area contributed by atoms with E-state index in [1.807, 2.05) is 43.5 Å². The second kappa shape index (κ2) is 7.94. The van der Waals surface area contributed by atoms with Crippen LogP contribution in [0.3, 0.4) is 0 Å². The first-order chi connectivity index (χ1) is 13.2. The minimum Gasteiger partial charge on any atom is -0.317 e. The van der Waals surface area contributed by atoms with Crippen LogP contribution in [0.2, 0.25) is 0 Å². The van der Waals surface area contributed by atoms with Crippen molar-refractivity contribution in [3.63, 3.8) is 0 Å². The summed E-state index contributed by atoms with van der Waals surface area (Å²) < 4.78 is 0. The zero-order valence-corrected chi connectivity index (χ0v) is 15.9. The summed E-state index contributed by atoms with van der Waals surface area (Å²) in [5, 5.41) is 6.88. The number of nitrogens with one attached hydrogen (secondary N) is 2. The molecular weight excluding hydrogens is 358 g/mol. The molecule has 2 aromatic heterocycles. The highest BCUT2D eigenvalue weighted by molar-refractivity contribution is 7.15. The smallest absolute Gasteiger partial charge is 0.260 e. The Morgan fingerprint density at radius 2 is 1.93 bits per heavy atom. The Kier molecular flexibility index (Phi) is 5.22. The van der Waals surface area contributed by atoms with Crippen molar-refractivity contribution in [2.24, 2.45) is 0 Å². The highest BCUT2D eigenvalue weighted by Crippen LogP contribution is 2.31. The zero-order chi connectivity index (χ0) is 18.6. The van der Waals surface area contributed by atoms with Gasteiger partial charge in [-0.05, 0) is 38.8 Å². The summed E-state index contributed by atoms with van der Waals surface area (Å²) in [4.78, 5) is 27.1. The topological polar surface area (TPSA) is 79.8 Å². The van der Waals surface area contributed by atoms with Gasteiger partial charge in [0.2, 0.25) is 0 Å². The lowest BCUT2D eigenvalue weighted by Gasteiger charge is -2.20. The molecule has 0 spiro atoms. The predicted octanol–water partition coefficient (Wildman–Crippen LogP) is 3.63. The van der Waals surface area contributed by atoms with Crippen LogP contribution in [0, 0.1) is 6.92 Å². The standard InChI is InChI=1S/C20H21N5OS/c1-13-16(11-22-18(24-13)15-5-3-2-4-6-15)19(26)25-20-23-12-17(27-20)14-7-9-21-10-8-14/h2-6,11-12,14,21H,7-10H2,1H3,(H,23,25,26). The van der Waals surface area contributed by atoms with Crippen LogP contribution in [0.4, 0.5) is 5.13 Å². The van der Waals surface area contributed by atoms with Gasteiger partial charge in [0, 0.05) is 22.8 Å². The van der Waals surface area contributed by atoms with E-state index in [2.05, 4.69) is 25.6 Å². The van der Waals surface area contributed by atoms with Gasteiger partial charge in [0.1, 0.15) is 0 Å². The van der Waals surface area contributed by atoms with E-state index >= 15 is 0 Å². The van der Waals surface area contributed by atoms with Crippen LogP contribution in [0.5, 0.6) is 0 Å². The molecule has 6 nitrogen and oxygen atoms in total. The van der Waals surface area contributed by atoms with E-state index in [9.17, 15) is 4.79 Å². The third kappa shape index (κ3) is 4.04. The van der Waals surface area contributed by atoms with E-state index in [4.69, 9.17) is 0 Å². The number of thiazole rings is 1. The average molecular weight is 379 g/mol. The maximum Gasteiger partial charge on any atom is 0.260 e. The van der Waals surface area contributed by atoms with Crippen LogP contribution in [0.25, 0.3) is 11.4 Å². The lowest BCUT2D eigenvalue weighted by atomic mass is 9.97. The number of carbonyl (C=O) groups is 1. The number of hydrogen-bond acceptors (Lipinski definition) is 6. The maximum absolute atomic E-state index is 12.6. The number of piperidine rings is 1. The molecule has 1 aliphatic rings. The third-order valence-corrected chi connectivity index (χ3v) is 5.82. The maximum atomic E-state index is 12.6. The second-order valence-corrected chi connectivity index (χ2v) is 7.67. The fourth-order valence-electron chi connectivity index (χ4n) is 3.22. The molecule has 7 heteroatoms. The number of carbonyl (C=O) groups excluding carboxylic acids is 1. The molecule has 27 heavy (non-hydrogen) atoms. The van der Waals surface area contributed by atoms with Crippen molar-refractivity contribution < 1.29 is 4.79 Å². The number of aryl methyl sites for hydroxylation is 1. The molecule has 1 fully saturated rings. The molecule has 4 rings (SSSR count). The normalized spacial score (nSPS) is 14.9. The summed E-state index contributed by atoms with van der Waals surface area (Å²) in [6, 6.07) is 9.73. The Bertz CT molecular complexity index is 935. The number of hydrogen-bond donors (Lipinski definition) is 2. The van der Waals surface area contributed by atoms with Crippen LogP contribution < -0.4 is 10.6 Å². The highest BCUT2D eigenvalue weighted by atomic mass is 32.1. The molecule has 0 aliphatic carbocycles. The van der Waals surface area contributed by atoms with Gasteiger partial charge in [-0.15, -0.1) is 11.3 Å². The van der Waals surface area contributed by atoms with Gasteiger partial charge in [-0.2, -0.15) is 0 Å². The van der Waals surface area contributed by atoms with E-state index in [-0.39, 0.29) is 5.91 Å². The van der Waals surface area contributed by atoms with E-state index < -0.39 is 0 Å². The SMILES string of the molecule is Cc1nc(-c2ccccc2)ncc1C(=O)Nc1ncc(C2CCNCC2)s1. The monoisotopic (exact) mass is 379 g/mol. The first-order valence-electron chi connectivity index (χ1n) is 9.07. The molecule has 0 saturated carbocycles. The Labute approximate surface area is 162 Å². The van der Waals surface area contributed by atoms with Crippen molar-refractivity contribution in [3.05, 3.63) is 58.9 Å². The van der Waals surface area contributed by atoms with E-state index in [1.54, 1.807) is 17.5 Å². The molecule has 1 aliphatic heterocycles. The van der Waals surface area contributed by atoms with Crippen LogP contribution in [-0.2, 0) is 0 Å². The number of rotatable bonds is 4. The molecule has 138 valence electrons. The highest BCUT2D eigenvalue weighted by Gasteiger charge is 2.19. The number of anilines is 1. The molecule has 0 radical (unpaired) electrons. The van der Waals surface area contributed by atoms with Crippen molar-refractivity contribution in [1.29, 1.82) is 0 Å². The molecule has 3 heterocycles. The lowest BCUT2D eigenvalue weighted by molar-refractivity contribution is 0.102. The predicted molar refractivity (Wildman–Crippen MR) is 107 cm³/mol. The molecular formula is C20H21N5OS. The van der Waals surface area contributed by atoms with Crippen LogP contribution >= 0.6 is 11.3 Å². The van der Waals surface area contributed by atoms with Gasteiger partial charge in [-0.25, -0.2) is 15.0 Å². The fourth-order valence-corrected chi connectivity index (χ4v) is 4.20. The van der Waals surface area contributed by atoms with Gasteiger partial charge < -0.3 is 5.32 Å². The first-order valence-corrected chi connectivity index (χ1v) is 9.89. The van der Waals surface area contributed by atoms with Crippen molar-refractivity contribution in [3.8, 4) is 11.4 Å². The number of aromatic nitrogens is 3. The number of benzene rings is 1. The molecule has 0 bridgehead atoms. The van der Waals surface area contributed by atoms with E-state index in [0.717, 1.165) is 31.5 Å².